The molecule has 0 aromatic heterocycles. The summed E-state index contributed by atoms with van der Waals surface area (Å²) in [4.78, 5) is 37.5. The fraction of sp³-hybridized carbons (Fsp3) is 0.714. The van der Waals surface area contributed by atoms with Gasteiger partial charge in [-0.25, -0.2) is 0 Å². The summed E-state index contributed by atoms with van der Waals surface area (Å²) in [6, 6.07) is 0. The lowest BCUT2D eigenvalue weighted by molar-refractivity contribution is -0.137. The predicted molar refractivity (Wildman–Crippen MR) is 89.8 cm³/mol. The second kappa shape index (κ2) is 32.7. The standard InChI is InChI=1S/4C3H6O2.C2H8N2/c4*1-2-3(4)5;3-1-2-4/h4*2H2,1H3,(H,4,5);1-4H2. The Kier molecular flexibility index (Phi) is 45.5. The fourth-order valence-electron chi connectivity index (χ4n) is 0. The highest BCUT2D eigenvalue weighted by atomic mass is 16.4. The Bertz CT molecular complexity index is 251. The van der Waals surface area contributed by atoms with Gasteiger partial charge < -0.3 is 31.9 Å². The van der Waals surface area contributed by atoms with Crippen LogP contribution in [0.5, 0.6) is 0 Å². The van der Waals surface area contributed by atoms with Crippen LogP contribution in [-0.4, -0.2) is 57.4 Å². The maximum Gasteiger partial charge on any atom is 0.303 e. The van der Waals surface area contributed by atoms with E-state index in [0.29, 0.717) is 13.1 Å². The van der Waals surface area contributed by atoms with Gasteiger partial charge >= 0.3 is 23.9 Å². The molecule has 0 aromatic carbocycles. The highest BCUT2D eigenvalue weighted by molar-refractivity contribution is 5.66. The quantitative estimate of drug-likeness (QED) is 0.409. The third kappa shape index (κ3) is 151. The molecule has 0 aliphatic heterocycles. The van der Waals surface area contributed by atoms with Crippen LogP contribution < -0.4 is 11.5 Å². The van der Waals surface area contributed by atoms with Crippen LogP contribution >= 0.6 is 0 Å². The molecule has 10 nitrogen and oxygen atoms in total. The molecule has 8 N–H and O–H groups in total. The Labute approximate surface area is 142 Å². The van der Waals surface area contributed by atoms with Crippen molar-refractivity contribution in [3.05, 3.63) is 0 Å². The van der Waals surface area contributed by atoms with Crippen molar-refractivity contribution in [1.82, 2.24) is 0 Å². The van der Waals surface area contributed by atoms with E-state index in [9.17, 15) is 19.2 Å². The third-order valence-corrected chi connectivity index (χ3v) is 1.38. The van der Waals surface area contributed by atoms with Gasteiger partial charge in [-0.15, -0.1) is 0 Å². The van der Waals surface area contributed by atoms with Crippen LogP contribution in [0, 0.1) is 0 Å². The van der Waals surface area contributed by atoms with Crippen molar-refractivity contribution in [2.75, 3.05) is 13.1 Å². The molecule has 0 aromatic rings. The number of nitrogens with two attached hydrogens (primary N) is 2. The molecule has 0 atom stereocenters. The van der Waals surface area contributed by atoms with Gasteiger partial charge in [-0.2, -0.15) is 0 Å². The van der Waals surface area contributed by atoms with E-state index in [1.807, 2.05) is 0 Å². The zero-order valence-corrected chi connectivity index (χ0v) is 14.8. The van der Waals surface area contributed by atoms with Crippen LogP contribution in [0.15, 0.2) is 0 Å². The van der Waals surface area contributed by atoms with Gasteiger partial charge in [0, 0.05) is 38.8 Å². The van der Waals surface area contributed by atoms with Crippen molar-refractivity contribution in [3.63, 3.8) is 0 Å². The molecule has 0 spiro atoms. The summed E-state index contributed by atoms with van der Waals surface area (Å²) in [6.07, 6.45) is 0.889. The molecule has 0 bridgehead atoms. The number of rotatable bonds is 5. The van der Waals surface area contributed by atoms with E-state index >= 15 is 0 Å². The molecule has 0 unspecified atom stereocenters. The van der Waals surface area contributed by atoms with E-state index in [-0.39, 0.29) is 25.7 Å². The van der Waals surface area contributed by atoms with Crippen LogP contribution in [0.25, 0.3) is 0 Å². The van der Waals surface area contributed by atoms with Crippen LogP contribution in [0.4, 0.5) is 0 Å². The lowest BCUT2D eigenvalue weighted by Gasteiger charge is -1.72. The van der Waals surface area contributed by atoms with E-state index in [4.69, 9.17) is 31.9 Å². The van der Waals surface area contributed by atoms with Crippen molar-refractivity contribution >= 4 is 23.9 Å². The van der Waals surface area contributed by atoms with Gasteiger partial charge in [0.25, 0.3) is 0 Å². The van der Waals surface area contributed by atoms with Crippen LogP contribution in [0.2, 0.25) is 0 Å². The Morgan fingerprint density at radius 1 is 0.542 bits per heavy atom. The number of carboxylic acid groups (broad SMARTS) is 4. The number of carbonyl (C=O) groups is 4. The van der Waals surface area contributed by atoms with Gasteiger partial charge in [0.05, 0.1) is 0 Å². The zero-order chi connectivity index (χ0) is 20.6. The molecule has 0 rings (SSSR count). The second-order valence-corrected chi connectivity index (χ2v) is 3.57. The molecular formula is C14H32N2O8. The minimum Gasteiger partial charge on any atom is -0.481 e. The first kappa shape index (κ1) is 33.4. The van der Waals surface area contributed by atoms with Crippen molar-refractivity contribution in [3.8, 4) is 0 Å². The molecule has 10 heteroatoms. The molecule has 24 heavy (non-hydrogen) atoms. The summed E-state index contributed by atoms with van der Waals surface area (Å²) in [5, 5.41) is 30.9. The van der Waals surface area contributed by atoms with Crippen LogP contribution in [-0.2, 0) is 19.2 Å². The lowest BCUT2D eigenvalue weighted by atomic mass is 10.5. The largest absolute Gasteiger partial charge is 0.481 e. The van der Waals surface area contributed by atoms with E-state index < -0.39 is 23.9 Å². The van der Waals surface area contributed by atoms with E-state index in [0.717, 1.165) is 0 Å². The number of hydrogen-bond acceptors (Lipinski definition) is 6. The van der Waals surface area contributed by atoms with Crippen molar-refractivity contribution in [2.45, 2.75) is 53.4 Å². The highest BCUT2D eigenvalue weighted by Crippen LogP contribution is 1.68. The van der Waals surface area contributed by atoms with Gasteiger partial charge in [-0.3, -0.25) is 19.2 Å². The Balaban J connectivity index is -0.0000000628. The average molecular weight is 356 g/mol. The number of hydrogen-bond donors (Lipinski definition) is 6. The molecule has 0 heterocycles. The average Bonchev–Trinajstić information content (AvgIpc) is 2.56. The Hall–Kier alpha value is -2.20. The summed E-state index contributed by atoms with van der Waals surface area (Å²) in [5.41, 5.74) is 9.81. The van der Waals surface area contributed by atoms with Crippen molar-refractivity contribution in [1.29, 1.82) is 0 Å². The van der Waals surface area contributed by atoms with Gasteiger partial charge in [0.2, 0.25) is 0 Å². The van der Waals surface area contributed by atoms with E-state index in [1.54, 1.807) is 27.7 Å². The fourth-order valence-corrected chi connectivity index (χ4v) is 0. The molecule has 146 valence electrons. The molecule has 0 fully saturated rings. The van der Waals surface area contributed by atoms with Gasteiger partial charge in [-0.1, -0.05) is 27.7 Å². The molecular weight excluding hydrogens is 324 g/mol. The van der Waals surface area contributed by atoms with Crippen LogP contribution in [0.3, 0.4) is 0 Å². The number of carboxylic acids is 4. The Morgan fingerprint density at radius 2 is 0.625 bits per heavy atom. The molecule has 0 aliphatic rings. The number of aliphatic carboxylic acids is 4. The summed E-state index contributed by atoms with van der Waals surface area (Å²) >= 11 is 0. The minimum atomic E-state index is -0.745. The third-order valence-electron chi connectivity index (χ3n) is 1.38. The second-order valence-electron chi connectivity index (χ2n) is 3.57. The van der Waals surface area contributed by atoms with E-state index in [1.165, 1.54) is 0 Å². The van der Waals surface area contributed by atoms with Crippen molar-refractivity contribution < 1.29 is 39.6 Å². The van der Waals surface area contributed by atoms with E-state index in [2.05, 4.69) is 0 Å². The van der Waals surface area contributed by atoms with Crippen LogP contribution in [0.1, 0.15) is 53.4 Å². The maximum absolute atomic E-state index is 9.37. The molecule has 0 aliphatic carbocycles. The SMILES string of the molecule is CCC(=O)O.CCC(=O)O.CCC(=O)O.CCC(=O)O.NCCN. The summed E-state index contributed by atoms with van der Waals surface area (Å²) < 4.78 is 0. The summed E-state index contributed by atoms with van der Waals surface area (Å²) in [5.74, 6) is -2.98. The minimum absolute atomic E-state index is 0.222. The predicted octanol–water partition coefficient (Wildman–Crippen LogP) is 0.828. The first-order valence-electron chi connectivity index (χ1n) is 7.27. The lowest BCUT2D eigenvalue weighted by Crippen LogP contribution is -2.11. The summed E-state index contributed by atoms with van der Waals surface area (Å²) in [6.45, 7) is 7.59. The molecule has 0 saturated carbocycles. The highest BCUT2D eigenvalue weighted by Gasteiger charge is 1.82. The summed E-state index contributed by atoms with van der Waals surface area (Å²) in [7, 11) is 0. The molecule has 0 saturated heterocycles. The molecule has 0 amide bonds. The maximum atomic E-state index is 9.37. The zero-order valence-electron chi connectivity index (χ0n) is 14.8. The normalized spacial score (nSPS) is 7.42. The Morgan fingerprint density at radius 3 is 0.625 bits per heavy atom. The first-order chi connectivity index (χ1) is 11.0. The van der Waals surface area contributed by atoms with Crippen molar-refractivity contribution in [2.24, 2.45) is 11.5 Å². The van der Waals surface area contributed by atoms with Gasteiger partial charge in [0.15, 0.2) is 0 Å². The first-order valence-corrected chi connectivity index (χ1v) is 7.27. The van der Waals surface area contributed by atoms with Gasteiger partial charge in [-0.05, 0) is 0 Å². The molecule has 0 radical (unpaired) electrons. The van der Waals surface area contributed by atoms with Gasteiger partial charge in [0.1, 0.15) is 0 Å². The monoisotopic (exact) mass is 356 g/mol. The smallest absolute Gasteiger partial charge is 0.303 e. The topological polar surface area (TPSA) is 201 Å².